The zero-order valence-corrected chi connectivity index (χ0v) is 13.6. The minimum Gasteiger partial charge on any atom is -0.496 e. The maximum atomic E-state index is 5.56. The van der Waals surface area contributed by atoms with Crippen molar-refractivity contribution in [2.75, 3.05) is 20.2 Å². The van der Waals surface area contributed by atoms with Gasteiger partial charge in [0.05, 0.1) is 7.11 Å². The first kappa shape index (κ1) is 14.9. The van der Waals surface area contributed by atoms with Crippen molar-refractivity contribution in [2.45, 2.75) is 45.8 Å². The van der Waals surface area contributed by atoms with Gasteiger partial charge in [-0.3, -0.25) is 4.90 Å². The SMILES string of the molecule is COc1ccc(CNC2CC2)cc1CN1CC(C)C(C)C1. The summed E-state index contributed by atoms with van der Waals surface area (Å²) in [6, 6.07) is 7.40. The van der Waals surface area contributed by atoms with E-state index in [1.165, 1.54) is 37.1 Å². The van der Waals surface area contributed by atoms with Gasteiger partial charge in [0.25, 0.3) is 0 Å². The van der Waals surface area contributed by atoms with Crippen LogP contribution in [0, 0.1) is 11.8 Å². The molecular formula is C18H28N2O. The molecule has 21 heavy (non-hydrogen) atoms. The first-order valence-corrected chi connectivity index (χ1v) is 8.27. The van der Waals surface area contributed by atoms with Crippen molar-refractivity contribution < 1.29 is 4.74 Å². The molecule has 0 spiro atoms. The Labute approximate surface area is 128 Å². The Balaban J connectivity index is 1.67. The monoisotopic (exact) mass is 288 g/mol. The summed E-state index contributed by atoms with van der Waals surface area (Å²) in [7, 11) is 1.77. The number of benzene rings is 1. The number of nitrogens with zero attached hydrogens (tertiary/aromatic N) is 1. The highest BCUT2D eigenvalue weighted by atomic mass is 16.5. The van der Waals surface area contributed by atoms with Gasteiger partial charge in [0.2, 0.25) is 0 Å². The van der Waals surface area contributed by atoms with Crippen molar-refractivity contribution in [3.05, 3.63) is 29.3 Å². The minimum atomic E-state index is 0.760. The van der Waals surface area contributed by atoms with E-state index < -0.39 is 0 Å². The molecule has 0 aromatic heterocycles. The Morgan fingerprint density at radius 3 is 2.52 bits per heavy atom. The van der Waals surface area contributed by atoms with Crippen LogP contribution in [-0.2, 0) is 13.1 Å². The van der Waals surface area contributed by atoms with E-state index in [1.54, 1.807) is 7.11 Å². The average molecular weight is 288 g/mol. The first-order valence-electron chi connectivity index (χ1n) is 8.27. The van der Waals surface area contributed by atoms with Crippen LogP contribution in [-0.4, -0.2) is 31.1 Å². The summed E-state index contributed by atoms with van der Waals surface area (Å²) in [5, 5.41) is 3.59. The summed E-state index contributed by atoms with van der Waals surface area (Å²) in [4.78, 5) is 2.56. The lowest BCUT2D eigenvalue weighted by Crippen LogP contribution is -2.21. The van der Waals surface area contributed by atoms with Gasteiger partial charge in [-0.05, 0) is 42.4 Å². The second kappa shape index (κ2) is 6.37. The molecule has 1 heterocycles. The molecule has 0 radical (unpaired) electrons. The maximum absolute atomic E-state index is 5.56. The molecule has 1 aromatic rings. The highest BCUT2D eigenvalue weighted by Gasteiger charge is 2.26. The molecule has 1 saturated carbocycles. The molecular weight excluding hydrogens is 260 g/mol. The third-order valence-corrected chi connectivity index (χ3v) is 4.97. The molecule has 0 bridgehead atoms. The summed E-state index contributed by atoms with van der Waals surface area (Å²) in [6.45, 7) is 9.11. The quantitative estimate of drug-likeness (QED) is 0.871. The fourth-order valence-electron chi connectivity index (χ4n) is 3.23. The van der Waals surface area contributed by atoms with E-state index >= 15 is 0 Å². The van der Waals surface area contributed by atoms with Gasteiger partial charge in [0, 0.05) is 37.8 Å². The second-order valence-electron chi connectivity index (χ2n) is 6.95. The smallest absolute Gasteiger partial charge is 0.123 e. The molecule has 1 saturated heterocycles. The molecule has 1 aliphatic carbocycles. The lowest BCUT2D eigenvalue weighted by atomic mass is 10.0. The Bertz CT molecular complexity index is 474. The summed E-state index contributed by atoms with van der Waals surface area (Å²) in [5.74, 6) is 2.63. The van der Waals surface area contributed by atoms with E-state index in [-0.39, 0.29) is 0 Å². The van der Waals surface area contributed by atoms with Crippen LogP contribution in [0.1, 0.15) is 37.8 Å². The van der Waals surface area contributed by atoms with E-state index in [1.807, 2.05) is 0 Å². The third-order valence-electron chi connectivity index (χ3n) is 4.97. The molecule has 1 aromatic carbocycles. The molecule has 2 atom stereocenters. The largest absolute Gasteiger partial charge is 0.496 e. The second-order valence-corrected chi connectivity index (χ2v) is 6.95. The number of nitrogens with one attached hydrogen (secondary N) is 1. The van der Waals surface area contributed by atoms with Crippen molar-refractivity contribution >= 4 is 0 Å². The predicted octanol–water partition coefficient (Wildman–Crippen LogP) is 3.04. The third kappa shape index (κ3) is 3.78. The molecule has 3 heteroatoms. The van der Waals surface area contributed by atoms with E-state index in [4.69, 9.17) is 4.74 Å². The lowest BCUT2D eigenvalue weighted by Gasteiger charge is -2.18. The van der Waals surface area contributed by atoms with E-state index in [9.17, 15) is 0 Å². The summed E-state index contributed by atoms with van der Waals surface area (Å²) >= 11 is 0. The van der Waals surface area contributed by atoms with Gasteiger partial charge in [0.15, 0.2) is 0 Å². The molecule has 2 aliphatic rings. The van der Waals surface area contributed by atoms with Crippen LogP contribution >= 0.6 is 0 Å². The zero-order chi connectivity index (χ0) is 14.8. The lowest BCUT2D eigenvalue weighted by molar-refractivity contribution is 0.307. The highest BCUT2D eigenvalue weighted by Crippen LogP contribution is 2.28. The number of hydrogen-bond acceptors (Lipinski definition) is 3. The molecule has 1 aliphatic heterocycles. The molecule has 116 valence electrons. The standard InChI is InChI=1S/C18H28N2O/c1-13-10-20(11-14(13)2)12-16-8-15(4-7-18(16)21-3)9-19-17-5-6-17/h4,7-8,13-14,17,19H,5-6,9-12H2,1-3H3. The highest BCUT2D eigenvalue weighted by molar-refractivity contribution is 5.37. The molecule has 2 unspecified atom stereocenters. The van der Waals surface area contributed by atoms with Gasteiger partial charge in [0.1, 0.15) is 5.75 Å². The Morgan fingerprint density at radius 1 is 1.19 bits per heavy atom. The van der Waals surface area contributed by atoms with Gasteiger partial charge < -0.3 is 10.1 Å². The van der Waals surface area contributed by atoms with Crippen molar-refractivity contribution in [2.24, 2.45) is 11.8 Å². The number of rotatable bonds is 6. The van der Waals surface area contributed by atoms with Crippen LogP contribution in [0.2, 0.25) is 0 Å². The van der Waals surface area contributed by atoms with Gasteiger partial charge in [-0.2, -0.15) is 0 Å². The Hall–Kier alpha value is -1.06. The summed E-state index contributed by atoms with van der Waals surface area (Å²) in [5.41, 5.74) is 2.70. The van der Waals surface area contributed by atoms with Crippen molar-refractivity contribution in [3.8, 4) is 5.75 Å². The van der Waals surface area contributed by atoms with E-state index in [0.29, 0.717) is 0 Å². The van der Waals surface area contributed by atoms with Crippen molar-refractivity contribution in [3.63, 3.8) is 0 Å². The van der Waals surface area contributed by atoms with Crippen LogP contribution in [0.3, 0.4) is 0 Å². The van der Waals surface area contributed by atoms with Crippen LogP contribution in [0.4, 0.5) is 0 Å². The van der Waals surface area contributed by atoms with Gasteiger partial charge in [-0.25, -0.2) is 0 Å². The fourth-order valence-corrected chi connectivity index (χ4v) is 3.23. The zero-order valence-electron chi connectivity index (χ0n) is 13.6. The molecule has 3 nitrogen and oxygen atoms in total. The van der Waals surface area contributed by atoms with E-state index in [2.05, 4.69) is 42.3 Å². The van der Waals surface area contributed by atoms with Gasteiger partial charge in [-0.15, -0.1) is 0 Å². The number of methoxy groups -OCH3 is 1. The molecule has 1 N–H and O–H groups in total. The van der Waals surface area contributed by atoms with Crippen LogP contribution < -0.4 is 10.1 Å². The van der Waals surface area contributed by atoms with E-state index in [0.717, 1.165) is 36.7 Å². The topological polar surface area (TPSA) is 24.5 Å². The summed E-state index contributed by atoms with van der Waals surface area (Å²) in [6.07, 6.45) is 2.68. The number of hydrogen-bond donors (Lipinski definition) is 1. The van der Waals surface area contributed by atoms with Crippen molar-refractivity contribution in [1.29, 1.82) is 0 Å². The van der Waals surface area contributed by atoms with Crippen molar-refractivity contribution in [1.82, 2.24) is 10.2 Å². The molecule has 2 fully saturated rings. The number of likely N-dealkylation sites (tertiary alicyclic amines) is 1. The fraction of sp³-hybridized carbons (Fsp3) is 0.667. The normalized spacial score (nSPS) is 26.2. The number of ether oxygens (including phenoxy) is 1. The summed E-state index contributed by atoms with van der Waals surface area (Å²) < 4.78 is 5.56. The van der Waals surface area contributed by atoms with Crippen LogP contribution in [0.15, 0.2) is 18.2 Å². The predicted molar refractivity (Wildman–Crippen MR) is 86.5 cm³/mol. The maximum Gasteiger partial charge on any atom is 0.123 e. The van der Waals surface area contributed by atoms with Crippen LogP contribution in [0.25, 0.3) is 0 Å². The van der Waals surface area contributed by atoms with Crippen LogP contribution in [0.5, 0.6) is 5.75 Å². The van der Waals surface area contributed by atoms with Gasteiger partial charge in [-0.1, -0.05) is 19.9 Å². The first-order chi connectivity index (χ1) is 10.2. The molecule has 3 rings (SSSR count). The average Bonchev–Trinajstić information content (AvgIpc) is 3.24. The Morgan fingerprint density at radius 2 is 1.90 bits per heavy atom. The molecule has 0 amide bonds. The Kier molecular flexibility index (Phi) is 4.51. The minimum absolute atomic E-state index is 0.760. The van der Waals surface area contributed by atoms with Gasteiger partial charge >= 0.3 is 0 Å².